The maximum atomic E-state index is 8.67. The van der Waals surface area contributed by atoms with Crippen LogP contribution in [0.3, 0.4) is 0 Å². The van der Waals surface area contributed by atoms with Crippen LogP contribution in [-0.2, 0) is 6.54 Å². The number of aliphatic hydroxyl groups is 1. The van der Waals surface area contributed by atoms with Crippen LogP contribution in [0.25, 0.3) is 0 Å². The molecule has 3 nitrogen and oxygen atoms in total. The smallest absolute Gasteiger partial charge is 0.120 e. The summed E-state index contributed by atoms with van der Waals surface area (Å²) in [7, 11) is 0. The molecule has 0 heterocycles. The summed E-state index contributed by atoms with van der Waals surface area (Å²) in [5, 5.41) is 12.1. The van der Waals surface area contributed by atoms with Gasteiger partial charge in [-0.15, -0.1) is 0 Å². The highest BCUT2D eigenvalue weighted by Gasteiger charge is 1.99. The van der Waals surface area contributed by atoms with Crippen molar-refractivity contribution in [2.75, 3.05) is 13.2 Å². The molecule has 0 aromatic heterocycles. The highest BCUT2D eigenvalue weighted by molar-refractivity contribution is 5.28. The van der Waals surface area contributed by atoms with Gasteiger partial charge in [0.2, 0.25) is 0 Å². The van der Waals surface area contributed by atoms with E-state index in [4.69, 9.17) is 9.84 Å². The van der Waals surface area contributed by atoms with Crippen LogP contribution >= 0.6 is 0 Å². The van der Waals surface area contributed by atoms with Crippen molar-refractivity contribution in [3.05, 3.63) is 29.8 Å². The zero-order valence-electron chi connectivity index (χ0n) is 11.5. The standard InChI is InChI=1S/C15H25NO2/c1-13(2)18-15-8-6-7-14(11-15)12-16-9-4-3-5-10-17/h6-8,11,13,16-17H,3-5,9-10,12H2,1-2H3. The number of aliphatic hydroxyl groups excluding tert-OH is 1. The average molecular weight is 251 g/mol. The fourth-order valence-electron chi connectivity index (χ4n) is 1.77. The Morgan fingerprint density at radius 1 is 1.22 bits per heavy atom. The summed E-state index contributed by atoms with van der Waals surface area (Å²) in [5.74, 6) is 0.935. The van der Waals surface area contributed by atoms with Crippen LogP contribution in [0.2, 0.25) is 0 Å². The molecule has 0 saturated heterocycles. The predicted octanol–water partition coefficient (Wildman–Crippen LogP) is 2.73. The Hall–Kier alpha value is -1.06. The van der Waals surface area contributed by atoms with E-state index in [0.29, 0.717) is 6.61 Å². The molecule has 0 aliphatic carbocycles. The number of benzene rings is 1. The molecule has 2 N–H and O–H groups in total. The van der Waals surface area contributed by atoms with E-state index in [9.17, 15) is 0 Å². The van der Waals surface area contributed by atoms with Gasteiger partial charge in [0.1, 0.15) is 5.75 Å². The summed E-state index contributed by atoms with van der Waals surface area (Å²) in [4.78, 5) is 0. The number of rotatable bonds is 9. The van der Waals surface area contributed by atoms with Gasteiger partial charge in [-0.05, 0) is 57.4 Å². The normalized spacial score (nSPS) is 10.9. The second kappa shape index (κ2) is 8.95. The van der Waals surface area contributed by atoms with Gasteiger partial charge in [0.25, 0.3) is 0 Å². The molecule has 0 fully saturated rings. The first-order chi connectivity index (χ1) is 8.72. The van der Waals surface area contributed by atoms with Gasteiger partial charge in [-0.3, -0.25) is 0 Å². The molecule has 0 radical (unpaired) electrons. The number of nitrogens with one attached hydrogen (secondary N) is 1. The van der Waals surface area contributed by atoms with Crippen molar-refractivity contribution in [3.8, 4) is 5.75 Å². The molecule has 18 heavy (non-hydrogen) atoms. The highest BCUT2D eigenvalue weighted by Crippen LogP contribution is 2.14. The lowest BCUT2D eigenvalue weighted by molar-refractivity contribution is 0.242. The van der Waals surface area contributed by atoms with E-state index < -0.39 is 0 Å². The first-order valence-corrected chi connectivity index (χ1v) is 6.79. The molecular weight excluding hydrogens is 226 g/mol. The Balaban J connectivity index is 2.25. The minimum absolute atomic E-state index is 0.215. The van der Waals surface area contributed by atoms with Crippen LogP contribution in [0.4, 0.5) is 0 Å². The molecule has 1 rings (SSSR count). The van der Waals surface area contributed by atoms with Gasteiger partial charge >= 0.3 is 0 Å². The zero-order valence-corrected chi connectivity index (χ0v) is 11.5. The van der Waals surface area contributed by atoms with Crippen molar-refractivity contribution >= 4 is 0 Å². The summed E-state index contributed by atoms with van der Waals surface area (Å²) >= 11 is 0. The zero-order chi connectivity index (χ0) is 13.2. The van der Waals surface area contributed by atoms with E-state index in [1.807, 2.05) is 26.0 Å². The Kier molecular flexibility index (Phi) is 7.46. The molecule has 0 aliphatic heterocycles. The molecule has 102 valence electrons. The van der Waals surface area contributed by atoms with Crippen molar-refractivity contribution in [2.24, 2.45) is 0 Å². The SMILES string of the molecule is CC(C)Oc1cccc(CNCCCCCO)c1. The van der Waals surface area contributed by atoms with E-state index in [-0.39, 0.29) is 6.10 Å². The summed E-state index contributed by atoms with van der Waals surface area (Å²) in [5.41, 5.74) is 1.25. The monoisotopic (exact) mass is 251 g/mol. The van der Waals surface area contributed by atoms with E-state index >= 15 is 0 Å². The Morgan fingerprint density at radius 3 is 2.78 bits per heavy atom. The summed E-state index contributed by atoms with van der Waals surface area (Å²) in [6, 6.07) is 8.21. The Morgan fingerprint density at radius 2 is 2.06 bits per heavy atom. The van der Waals surface area contributed by atoms with E-state index in [1.54, 1.807) is 0 Å². The van der Waals surface area contributed by atoms with Crippen molar-refractivity contribution < 1.29 is 9.84 Å². The number of hydrogen-bond donors (Lipinski definition) is 2. The van der Waals surface area contributed by atoms with E-state index in [1.165, 1.54) is 5.56 Å². The quantitative estimate of drug-likeness (QED) is 0.663. The molecule has 1 aromatic carbocycles. The predicted molar refractivity (Wildman–Crippen MR) is 74.8 cm³/mol. The highest BCUT2D eigenvalue weighted by atomic mass is 16.5. The Bertz CT molecular complexity index is 326. The molecule has 3 heteroatoms. The van der Waals surface area contributed by atoms with Crippen molar-refractivity contribution in [1.82, 2.24) is 5.32 Å². The summed E-state index contributed by atoms with van der Waals surface area (Å²) < 4.78 is 5.66. The van der Waals surface area contributed by atoms with Gasteiger partial charge in [-0.1, -0.05) is 12.1 Å². The van der Waals surface area contributed by atoms with Gasteiger partial charge in [-0.25, -0.2) is 0 Å². The van der Waals surface area contributed by atoms with E-state index in [0.717, 1.165) is 38.1 Å². The maximum Gasteiger partial charge on any atom is 0.120 e. The second-order valence-electron chi connectivity index (χ2n) is 4.78. The second-order valence-corrected chi connectivity index (χ2v) is 4.78. The van der Waals surface area contributed by atoms with Gasteiger partial charge in [0.05, 0.1) is 6.10 Å². The largest absolute Gasteiger partial charge is 0.491 e. The lowest BCUT2D eigenvalue weighted by Gasteiger charge is -2.11. The average Bonchev–Trinajstić information content (AvgIpc) is 2.33. The van der Waals surface area contributed by atoms with Crippen LogP contribution in [0.15, 0.2) is 24.3 Å². The fourth-order valence-corrected chi connectivity index (χ4v) is 1.77. The molecular formula is C15H25NO2. The third kappa shape index (κ3) is 6.62. The molecule has 0 spiro atoms. The third-order valence-corrected chi connectivity index (χ3v) is 2.61. The summed E-state index contributed by atoms with van der Waals surface area (Å²) in [6.45, 7) is 6.23. The van der Waals surface area contributed by atoms with Gasteiger partial charge in [0, 0.05) is 13.2 Å². The molecule has 0 aliphatic rings. The molecule has 0 atom stereocenters. The topological polar surface area (TPSA) is 41.5 Å². The Labute approximate surface area is 110 Å². The maximum absolute atomic E-state index is 8.67. The van der Waals surface area contributed by atoms with Gasteiger partial charge in [-0.2, -0.15) is 0 Å². The van der Waals surface area contributed by atoms with Crippen molar-refractivity contribution in [2.45, 2.75) is 45.8 Å². The molecule has 0 bridgehead atoms. The first kappa shape index (κ1) is 15.0. The third-order valence-electron chi connectivity index (χ3n) is 2.61. The van der Waals surface area contributed by atoms with Gasteiger partial charge in [0.15, 0.2) is 0 Å². The number of hydrogen-bond acceptors (Lipinski definition) is 3. The first-order valence-electron chi connectivity index (χ1n) is 6.79. The molecule has 0 saturated carbocycles. The van der Waals surface area contributed by atoms with Crippen molar-refractivity contribution in [1.29, 1.82) is 0 Å². The van der Waals surface area contributed by atoms with Crippen LogP contribution in [0.5, 0.6) is 5.75 Å². The van der Waals surface area contributed by atoms with E-state index in [2.05, 4.69) is 17.4 Å². The lowest BCUT2D eigenvalue weighted by Crippen LogP contribution is -2.15. The summed E-state index contributed by atoms with van der Waals surface area (Å²) in [6.07, 6.45) is 3.31. The minimum Gasteiger partial charge on any atom is -0.491 e. The molecule has 0 unspecified atom stereocenters. The van der Waals surface area contributed by atoms with Crippen LogP contribution in [0, 0.1) is 0 Å². The van der Waals surface area contributed by atoms with Crippen LogP contribution in [0.1, 0.15) is 38.7 Å². The molecule has 0 amide bonds. The fraction of sp³-hybridized carbons (Fsp3) is 0.600. The van der Waals surface area contributed by atoms with Crippen LogP contribution < -0.4 is 10.1 Å². The number of ether oxygens (including phenoxy) is 1. The molecule has 1 aromatic rings. The lowest BCUT2D eigenvalue weighted by atomic mass is 10.2. The van der Waals surface area contributed by atoms with Gasteiger partial charge < -0.3 is 15.2 Å². The number of unbranched alkanes of at least 4 members (excludes halogenated alkanes) is 2. The van der Waals surface area contributed by atoms with Crippen molar-refractivity contribution in [3.63, 3.8) is 0 Å². The minimum atomic E-state index is 0.215. The van der Waals surface area contributed by atoms with Crippen LogP contribution in [-0.4, -0.2) is 24.4 Å².